The Kier molecular flexibility index (Phi) is 5.64. The summed E-state index contributed by atoms with van der Waals surface area (Å²) < 4.78 is 6.83. The van der Waals surface area contributed by atoms with Crippen molar-refractivity contribution in [3.05, 3.63) is 47.1 Å². The molecule has 3 aromatic rings. The minimum atomic E-state index is 0.793. The maximum absolute atomic E-state index is 5.69. The van der Waals surface area contributed by atoms with Crippen LogP contribution in [0.3, 0.4) is 0 Å². The normalized spacial score (nSPS) is 10.9. The molecule has 24 heavy (non-hydrogen) atoms. The third-order valence-electron chi connectivity index (χ3n) is 3.93. The molecule has 3 rings (SSSR count). The molecule has 2 aromatic heterocycles. The number of nitrogens with one attached hydrogen (secondary N) is 1. The molecule has 0 aliphatic rings. The molecule has 0 radical (unpaired) electrons. The number of hydrogen-bond acceptors (Lipinski definition) is 5. The van der Waals surface area contributed by atoms with E-state index in [4.69, 9.17) is 4.74 Å². The second kappa shape index (κ2) is 8.11. The standard InChI is InChI=1S/C19H23N3OS/c1-3-4-11-23-16-7-5-15(6-8-16)9-10-20-19-18-17(21-13-22-19)14(2)12-24-18/h5-8,12-13H,3-4,9-11H2,1-2H3,(H,20,21,22). The zero-order valence-electron chi connectivity index (χ0n) is 14.2. The number of hydrogen-bond donors (Lipinski definition) is 1. The van der Waals surface area contributed by atoms with Crippen molar-refractivity contribution < 1.29 is 4.74 Å². The predicted molar refractivity (Wildman–Crippen MR) is 101 cm³/mol. The third kappa shape index (κ3) is 4.03. The van der Waals surface area contributed by atoms with Crippen molar-refractivity contribution in [3.63, 3.8) is 0 Å². The zero-order valence-corrected chi connectivity index (χ0v) is 15.0. The summed E-state index contributed by atoms with van der Waals surface area (Å²) in [5, 5.41) is 5.56. The van der Waals surface area contributed by atoms with E-state index in [9.17, 15) is 0 Å². The minimum Gasteiger partial charge on any atom is -0.494 e. The second-order valence-electron chi connectivity index (χ2n) is 5.84. The fourth-order valence-corrected chi connectivity index (χ4v) is 3.48. The Morgan fingerprint density at radius 3 is 2.79 bits per heavy atom. The SMILES string of the molecule is CCCCOc1ccc(CCNc2ncnc3c(C)csc23)cc1. The zero-order chi connectivity index (χ0) is 16.8. The number of benzene rings is 1. The van der Waals surface area contributed by atoms with Crippen LogP contribution in [0.2, 0.25) is 0 Å². The van der Waals surface area contributed by atoms with Crippen LogP contribution in [0.15, 0.2) is 36.0 Å². The van der Waals surface area contributed by atoms with Gasteiger partial charge in [-0.1, -0.05) is 25.5 Å². The Bertz CT molecular complexity index is 783. The van der Waals surface area contributed by atoms with E-state index in [0.29, 0.717) is 0 Å². The first-order valence-electron chi connectivity index (χ1n) is 8.42. The van der Waals surface area contributed by atoms with E-state index in [1.165, 1.54) is 11.1 Å². The van der Waals surface area contributed by atoms with Gasteiger partial charge in [0.15, 0.2) is 0 Å². The fourth-order valence-electron chi connectivity index (χ4n) is 2.51. The van der Waals surface area contributed by atoms with Crippen molar-refractivity contribution in [3.8, 4) is 5.75 Å². The van der Waals surface area contributed by atoms with Crippen LogP contribution in [0.1, 0.15) is 30.9 Å². The van der Waals surface area contributed by atoms with Gasteiger partial charge in [0.25, 0.3) is 0 Å². The molecule has 0 aliphatic heterocycles. The summed E-state index contributed by atoms with van der Waals surface area (Å²) in [5.74, 6) is 1.88. The Hall–Kier alpha value is -2.14. The molecule has 0 amide bonds. The highest BCUT2D eigenvalue weighted by molar-refractivity contribution is 7.18. The van der Waals surface area contributed by atoms with Crippen molar-refractivity contribution in [2.75, 3.05) is 18.5 Å². The molecule has 2 heterocycles. The molecule has 126 valence electrons. The van der Waals surface area contributed by atoms with Gasteiger partial charge >= 0.3 is 0 Å². The lowest BCUT2D eigenvalue weighted by atomic mass is 10.1. The summed E-state index contributed by atoms with van der Waals surface area (Å²) in [6, 6.07) is 8.37. The van der Waals surface area contributed by atoms with Gasteiger partial charge in [-0.15, -0.1) is 11.3 Å². The van der Waals surface area contributed by atoms with E-state index in [2.05, 4.69) is 58.8 Å². The quantitative estimate of drug-likeness (QED) is 0.596. The first-order chi connectivity index (χ1) is 11.8. The summed E-state index contributed by atoms with van der Waals surface area (Å²) in [6.07, 6.45) is 4.84. The van der Waals surface area contributed by atoms with Crippen molar-refractivity contribution in [1.29, 1.82) is 0 Å². The third-order valence-corrected chi connectivity index (χ3v) is 5.02. The molecule has 5 heteroatoms. The van der Waals surface area contributed by atoms with E-state index in [1.54, 1.807) is 17.7 Å². The minimum absolute atomic E-state index is 0.793. The van der Waals surface area contributed by atoms with Gasteiger partial charge in [-0.2, -0.15) is 0 Å². The highest BCUT2D eigenvalue weighted by Gasteiger charge is 2.07. The average Bonchev–Trinajstić information content (AvgIpc) is 2.99. The first kappa shape index (κ1) is 16.7. The molecular weight excluding hydrogens is 318 g/mol. The predicted octanol–water partition coefficient (Wildman–Crippen LogP) is 4.83. The smallest absolute Gasteiger partial charge is 0.147 e. The number of aromatic nitrogens is 2. The molecule has 0 fully saturated rings. The second-order valence-corrected chi connectivity index (χ2v) is 6.72. The van der Waals surface area contributed by atoms with Gasteiger partial charge in [-0.3, -0.25) is 0 Å². The van der Waals surface area contributed by atoms with Gasteiger partial charge in [-0.05, 0) is 48.4 Å². The van der Waals surface area contributed by atoms with Gasteiger partial charge in [0.2, 0.25) is 0 Å². The van der Waals surface area contributed by atoms with E-state index < -0.39 is 0 Å². The molecule has 1 aromatic carbocycles. The molecule has 0 bridgehead atoms. The topological polar surface area (TPSA) is 47.0 Å². The van der Waals surface area contributed by atoms with E-state index in [1.807, 2.05) is 0 Å². The monoisotopic (exact) mass is 341 g/mol. The Morgan fingerprint density at radius 1 is 1.17 bits per heavy atom. The number of unbranched alkanes of at least 4 members (excludes halogenated alkanes) is 1. The molecule has 4 nitrogen and oxygen atoms in total. The van der Waals surface area contributed by atoms with Crippen LogP contribution in [0, 0.1) is 6.92 Å². The largest absolute Gasteiger partial charge is 0.494 e. The molecule has 0 saturated carbocycles. The van der Waals surface area contributed by atoms with Gasteiger partial charge in [0.05, 0.1) is 16.8 Å². The number of anilines is 1. The molecule has 0 unspecified atom stereocenters. The number of aryl methyl sites for hydroxylation is 1. The molecule has 0 atom stereocenters. The lowest BCUT2D eigenvalue weighted by Gasteiger charge is -2.08. The van der Waals surface area contributed by atoms with Gasteiger partial charge in [0, 0.05) is 6.54 Å². The summed E-state index contributed by atoms with van der Waals surface area (Å²) in [6.45, 7) is 5.89. The molecule has 0 aliphatic carbocycles. The summed E-state index contributed by atoms with van der Waals surface area (Å²) in [4.78, 5) is 8.73. The van der Waals surface area contributed by atoms with Crippen LogP contribution in [-0.4, -0.2) is 23.1 Å². The number of rotatable bonds is 8. The van der Waals surface area contributed by atoms with Gasteiger partial charge in [-0.25, -0.2) is 9.97 Å². The maximum Gasteiger partial charge on any atom is 0.147 e. The molecule has 1 N–H and O–H groups in total. The van der Waals surface area contributed by atoms with Gasteiger partial charge < -0.3 is 10.1 Å². The van der Waals surface area contributed by atoms with E-state index in [-0.39, 0.29) is 0 Å². The van der Waals surface area contributed by atoms with Crippen molar-refractivity contribution >= 4 is 27.4 Å². The first-order valence-corrected chi connectivity index (χ1v) is 9.30. The Balaban J connectivity index is 1.54. The summed E-state index contributed by atoms with van der Waals surface area (Å²) in [7, 11) is 0. The molecular formula is C19H23N3OS. The average molecular weight is 341 g/mol. The van der Waals surface area contributed by atoms with Crippen LogP contribution in [-0.2, 0) is 6.42 Å². The lowest BCUT2D eigenvalue weighted by Crippen LogP contribution is -2.06. The highest BCUT2D eigenvalue weighted by Crippen LogP contribution is 2.28. The highest BCUT2D eigenvalue weighted by atomic mass is 32.1. The van der Waals surface area contributed by atoms with Crippen molar-refractivity contribution in [1.82, 2.24) is 9.97 Å². The Morgan fingerprint density at radius 2 is 2.00 bits per heavy atom. The number of fused-ring (bicyclic) bond motifs is 1. The summed E-state index contributed by atoms with van der Waals surface area (Å²) in [5.41, 5.74) is 3.54. The lowest BCUT2D eigenvalue weighted by molar-refractivity contribution is 0.309. The van der Waals surface area contributed by atoms with Gasteiger partial charge in [0.1, 0.15) is 17.9 Å². The van der Waals surface area contributed by atoms with Crippen LogP contribution in [0.25, 0.3) is 10.2 Å². The number of thiophene rings is 1. The van der Waals surface area contributed by atoms with Crippen molar-refractivity contribution in [2.45, 2.75) is 33.1 Å². The van der Waals surface area contributed by atoms with Crippen LogP contribution in [0.5, 0.6) is 5.75 Å². The summed E-state index contributed by atoms with van der Waals surface area (Å²) >= 11 is 1.69. The van der Waals surface area contributed by atoms with E-state index >= 15 is 0 Å². The fraction of sp³-hybridized carbons (Fsp3) is 0.368. The van der Waals surface area contributed by atoms with Crippen LogP contribution < -0.4 is 10.1 Å². The maximum atomic E-state index is 5.69. The van der Waals surface area contributed by atoms with Crippen LogP contribution in [0.4, 0.5) is 5.82 Å². The van der Waals surface area contributed by atoms with E-state index in [0.717, 1.165) is 54.2 Å². The number of nitrogens with zero attached hydrogens (tertiary/aromatic N) is 2. The Labute approximate surface area is 146 Å². The molecule has 0 saturated heterocycles. The van der Waals surface area contributed by atoms with Crippen LogP contribution >= 0.6 is 11.3 Å². The number of ether oxygens (including phenoxy) is 1. The molecule has 0 spiro atoms. The van der Waals surface area contributed by atoms with Crippen molar-refractivity contribution in [2.24, 2.45) is 0 Å².